The molecule has 1 aliphatic rings. The van der Waals surface area contributed by atoms with Gasteiger partial charge in [0.2, 0.25) is 0 Å². The van der Waals surface area contributed by atoms with Crippen LogP contribution < -0.4 is 0 Å². The number of hydrogen-bond acceptors (Lipinski definition) is 3. The SMILES string of the molecule is CCC1CCCCC1S(=O)(=O)C(CC)C(=O)O. The van der Waals surface area contributed by atoms with Gasteiger partial charge in [-0.15, -0.1) is 0 Å². The second kappa shape index (κ2) is 5.85. The standard InChI is InChI=1S/C12H22O4S/c1-3-9-7-5-6-8-11(9)17(15,16)10(4-2)12(13)14/h9-11H,3-8H2,1-2H3,(H,13,14). The average Bonchev–Trinajstić information content (AvgIpc) is 2.29. The Balaban J connectivity index is 2.98. The first kappa shape index (κ1) is 14.5. The predicted molar refractivity (Wildman–Crippen MR) is 66.7 cm³/mol. The number of carboxylic acid groups (broad SMARTS) is 1. The van der Waals surface area contributed by atoms with Crippen molar-refractivity contribution >= 4 is 15.8 Å². The summed E-state index contributed by atoms with van der Waals surface area (Å²) in [7, 11) is -3.53. The fourth-order valence-electron chi connectivity index (χ4n) is 2.83. The zero-order valence-electron chi connectivity index (χ0n) is 10.6. The van der Waals surface area contributed by atoms with Gasteiger partial charge >= 0.3 is 5.97 Å². The van der Waals surface area contributed by atoms with Gasteiger partial charge in [0.15, 0.2) is 15.1 Å². The molecule has 0 bridgehead atoms. The molecule has 0 aromatic heterocycles. The van der Waals surface area contributed by atoms with Crippen LogP contribution >= 0.6 is 0 Å². The molecule has 100 valence electrons. The highest BCUT2D eigenvalue weighted by molar-refractivity contribution is 7.93. The topological polar surface area (TPSA) is 71.4 Å². The van der Waals surface area contributed by atoms with Gasteiger partial charge in [-0.1, -0.05) is 33.1 Å². The van der Waals surface area contributed by atoms with Crippen LogP contribution in [0, 0.1) is 5.92 Å². The number of carbonyl (C=O) groups is 1. The Morgan fingerprint density at radius 2 is 1.88 bits per heavy atom. The van der Waals surface area contributed by atoms with Gasteiger partial charge in [0.25, 0.3) is 0 Å². The molecule has 0 aromatic rings. The summed E-state index contributed by atoms with van der Waals surface area (Å²) in [5, 5.41) is 7.35. The van der Waals surface area contributed by atoms with Crippen LogP contribution in [-0.4, -0.2) is 30.0 Å². The Morgan fingerprint density at radius 3 is 2.35 bits per heavy atom. The van der Waals surface area contributed by atoms with Gasteiger partial charge in [0, 0.05) is 0 Å². The first-order valence-corrected chi connectivity index (χ1v) is 8.01. The van der Waals surface area contributed by atoms with Crippen LogP contribution in [0.15, 0.2) is 0 Å². The Morgan fingerprint density at radius 1 is 1.29 bits per heavy atom. The lowest BCUT2D eigenvalue weighted by Crippen LogP contribution is -2.42. The average molecular weight is 262 g/mol. The number of rotatable bonds is 5. The van der Waals surface area contributed by atoms with E-state index in [4.69, 9.17) is 5.11 Å². The van der Waals surface area contributed by atoms with Crippen molar-refractivity contribution in [2.24, 2.45) is 5.92 Å². The molecule has 3 unspecified atom stereocenters. The molecule has 0 aromatic carbocycles. The predicted octanol–water partition coefficient (Wildman–Crippen LogP) is 2.23. The molecule has 1 N–H and O–H groups in total. The minimum atomic E-state index is -3.53. The van der Waals surface area contributed by atoms with Gasteiger partial charge in [-0.05, 0) is 25.2 Å². The smallest absolute Gasteiger partial charge is 0.321 e. The van der Waals surface area contributed by atoms with Crippen molar-refractivity contribution in [2.75, 3.05) is 0 Å². The van der Waals surface area contributed by atoms with Crippen molar-refractivity contribution in [1.29, 1.82) is 0 Å². The maximum Gasteiger partial charge on any atom is 0.321 e. The first-order valence-electron chi connectivity index (χ1n) is 6.40. The molecule has 4 nitrogen and oxygen atoms in total. The minimum Gasteiger partial charge on any atom is -0.480 e. The fraction of sp³-hybridized carbons (Fsp3) is 0.917. The Labute approximate surface area is 103 Å². The van der Waals surface area contributed by atoms with Crippen LogP contribution in [0.5, 0.6) is 0 Å². The lowest BCUT2D eigenvalue weighted by atomic mass is 9.87. The maximum absolute atomic E-state index is 12.3. The molecule has 3 atom stereocenters. The van der Waals surface area contributed by atoms with Crippen molar-refractivity contribution < 1.29 is 18.3 Å². The van der Waals surface area contributed by atoms with Crippen LogP contribution in [0.1, 0.15) is 52.4 Å². The molecule has 1 rings (SSSR count). The van der Waals surface area contributed by atoms with E-state index in [0.29, 0.717) is 6.42 Å². The van der Waals surface area contributed by atoms with E-state index in [2.05, 4.69) is 0 Å². The molecule has 1 fully saturated rings. The molecule has 0 spiro atoms. The van der Waals surface area contributed by atoms with Gasteiger partial charge < -0.3 is 5.11 Å². The highest BCUT2D eigenvalue weighted by Gasteiger charge is 2.41. The monoisotopic (exact) mass is 262 g/mol. The fourth-order valence-corrected chi connectivity index (χ4v) is 5.36. The van der Waals surface area contributed by atoms with Crippen molar-refractivity contribution in [3.63, 3.8) is 0 Å². The molecule has 1 aliphatic carbocycles. The van der Waals surface area contributed by atoms with Crippen molar-refractivity contribution in [3.8, 4) is 0 Å². The molecule has 5 heteroatoms. The van der Waals surface area contributed by atoms with Crippen LogP contribution in [0.4, 0.5) is 0 Å². The second-order valence-electron chi connectivity index (χ2n) is 4.82. The van der Waals surface area contributed by atoms with Crippen molar-refractivity contribution in [3.05, 3.63) is 0 Å². The third-order valence-electron chi connectivity index (χ3n) is 3.83. The van der Waals surface area contributed by atoms with E-state index in [0.717, 1.165) is 25.7 Å². The zero-order chi connectivity index (χ0) is 13.1. The van der Waals surface area contributed by atoms with E-state index in [9.17, 15) is 13.2 Å². The van der Waals surface area contributed by atoms with Crippen LogP contribution in [0.2, 0.25) is 0 Å². The zero-order valence-corrected chi connectivity index (χ0v) is 11.4. The third kappa shape index (κ3) is 3.00. The van der Waals surface area contributed by atoms with Crippen molar-refractivity contribution in [1.82, 2.24) is 0 Å². The Kier molecular flexibility index (Phi) is 4.98. The lowest BCUT2D eigenvalue weighted by Gasteiger charge is -2.32. The number of carboxylic acids is 1. The number of aliphatic carboxylic acids is 1. The lowest BCUT2D eigenvalue weighted by molar-refractivity contribution is -0.136. The van der Waals surface area contributed by atoms with E-state index in [1.54, 1.807) is 6.92 Å². The summed E-state index contributed by atoms with van der Waals surface area (Å²) in [5.74, 6) is -1.06. The van der Waals surface area contributed by atoms with Crippen LogP contribution in [0.3, 0.4) is 0 Å². The third-order valence-corrected chi connectivity index (χ3v) is 6.62. The van der Waals surface area contributed by atoms with E-state index < -0.39 is 26.3 Å². The molecule has 0 radical (unpaired) electrons. The summed E-state index contributed by atoms with van der Waals surface area (Å²) in [5.41, 5.74) is 0. The van der Waals surface area contributed by atoms with E-state index in [1.165, 1.54) is 0 Å². The molecule has 0 saturated heterocycles. The van der Waals surface area contributed by atoms with E-state index in [1.807, 2.05) is 6.92 Å². The second-order valence-corrected chi connectivity index (χ2v) is 7.17. The molecule has 17 heavy (non-hydrogen) atoms. The van der Waals surface area contributed by atoms with Crippen LogP contribution in [-0.2, 0) is 14.6 Å². The Hall–Kier alpha value is -0.580. The van der Waals surface area contributed by atoms with Crippen molar-refractivity contribution in [2.45, 2.75) is 62.9 Å². The minimum absolute atomic E-state index is 0.141. The summed E-state index contributed by atoms with van der Waals surface area (Å²) in [6, 6.07) is 0. The normalized spacial score (nSPS) is 27.6. The Bertz CT molecular complexity index is 361. The van der Waals surface area contributed by atoms with Gasteiger partial charge in [-0.2, -0.15) is 0 Å². The quantitative estimate of drug-likeness (QED) is 0.824. The molecule has 1 saturated carbocycles. The molecule has 0 amide bonds. The molecule has 0 aliphatic heterocycles. The highest BCUT2D eigenvalue weighted by atomic mass is 32.2. The highest BCUT2D eigenvalue weighted by Crippen LogP contribution is 2.34. The summed E-state index contributed by atoms with van der Waals surface area (Å²) < 4.78 is 24.7. The number of hydrogen-bond donors (Lipinski definition) is 1. The largest absolute Gasteiger partial charge is 0.480 e. The number of sulfone groups is 1. The summed E-state index contributed by atoms with van der Waals surface area (Å²) >= 11 is 0. The van der Waals surface area contributed by atoms with Gasteiger partial charge in [0.1, 0.15) is 0 Å². The maximum atomic E-state index is 12.3. The van der Waals surface area contributed by atoms with Gasteiger partial charge in [0.05, 0.1) is 5.25 Å². The van der Waals surface area contributed by atoms with Gasteiger partial charge in [-0.3, -0.25) is 4.79 Å². The van der Waals surface area contributed by atoms with E-state index >= 15 is 0 Å². The molecular formula is C12H22O4S. The molecule has 0 heterocycles. The molecular weight excluding hydrogens is 240 g/mol. The van der Waals surface area contributed by atoms with Gasteiger partial charge in [-0.25, -0.2) is 8.42 Å². The first-order chi connectivity index (χ1) is 7.95. The summed E-state index contributed by atoms with van der Waals surface area (Å²) in [6.45, 7) is 3.61. The summed E-state index contributed by atoms with van der Waals surface area (Å²) in [6.07, 6.45) is 4.48. The summed E-state index contributed by atoms with van der Waals surface area (Å²) in [4.78, 5) is 11.0. The van der Waals surface area contributed by atoms with Crippen LogP contribution in [0.25, 0.3) is 0 Å². The van der Waals surface area contributed by atoms with E-state index in [-0.39, 0.29) is 12.3 Å².